The van der Waals surface area contributed by atoms with Gasteiger partial charge in [0.05, 0.1) is 25.2 Å². The van der Waals surface area contributed by atoms with Crippen molar-refractivity contribution in [3.8, 4) is 11.5 Å². The lowest BCUT2D eigenvalue weighted by atomic mass is 9.99. The third-order valence-corrected chi connectivity index (χ3v) is 6.59. The quantitative estimate of drug-likeness (QED) is 0.0979. The maximum atomic E-state index is 12.9. The van der Waals surface area contributed by atoms with E-state index in [0.29, 0.717) is 29.7 Å². The van der Waals surface area contributed by atoms with Crippen LogP contribution in [0, 0.1) is 6.92 Å². The van der Waals surface area contributed by atoms with E-state index < -0.39 is 11.9 Å². The summed E-state index contributed by atoms with van der Waals surface area (Å²) in [4.78, 5) is 35.4. The number of rotatable bonds is 15. The summed E-state index contributed by atoms with van der Waals surface area (Å²) in [5, 5.41) is 19.1. The number of aliphatic carboxylic acids is 2. The Labute approximate surface area is 238 Å². The largest absolute Gasteiger partial charge is 0.494 e. The maximum Gasteiger partial charge on any atom is 0.323 e. The first-order valence-corrected chi connectivity index (χ1v) is 13.5. The number of carboxylic acids is 2. The highest BCUT2D eigenvalue weighted by Crippen LogP contribution is 2.31. The van der Waals surface area contributed by atoms with Gasteiger partial charge in [0, 0.05) is 23.6 Å². The Kier molecular flexibility index (Phi) is 9.94. The molecule has 0 fully saturated rings. The Morgan fingerprint density at radius 3 is 2.07 bits per heavy atom. The van der Waals surface area contributed by atoms with Gasteiger partial charge in [-0.15, -0.1) is 0 Å². The number of carboxylic acid groups (broad SMARTS) is 2. The number of unbranched alkanes of at least 4 members (excludes halogenated alkanes) is 1. The number of aryl methyl sites for hydroxylation is 1. The Morgan fingerprint density at radius 2 is 1.44 bits per heavy atom. The molecular weight excluding hydrogens is 522 g/mol. The van der Waals surface area contributed by atoms with Crippen molar-refractivity contribution in [1.82, 2.24) is 4.57 Å². The number of ether oxygens (including phenoxy) is 2. The molecule has 0 saturated heterocycles. The summed E-state index contributed by atoms with van der Waals surface area (Å²) in [6.07, 6.45) is 6.63. The smallest absolute Gasteiger partial charge is 0.323 e. The van der Waals surface area contributed by atoms with Gasteiger partial charge in [0.25, 0.3) is 0 Å². The number of para-hydroxylation sites is 1. The number of aromatic nitrogens is 1. The molecule has 0 aliphatic rings. The van der Waals surface area contributed by atoms with Crippen molar-refractivity contribution in [3.05, 3.63) is 95.2 Å². The van der Waals surface area contributed by atoms with E-state index in [-0.39, 0.29) is 25.2 Å². The second-order valence-electron chi connectivity index (χ2n) is 9.70. The molecule has 2 N–H and O–H groups in total. The normalized spacial score (nSPS) is 11.1. The highest BCUT2D eigenvalue weighted by atomic mass is 16.5. The topological polar surface area (TPSA) is 115 Å². The van der Waals surface area contributed by atoms with E-state index in [4.69, 9.17) is 14.6 Å². The molecule has 41 heavy (non-hydrogen) atoms. The van der Waals surface area contributed by atoms with E-state index in [1.165, 1.54) is 6.20 Å². The van der Waals surface area contributed by atoms with E-state index in [0.717, 1.165) is 41.0 Å². The van der Waals surface area contributed by atoms with Crippen LogP contribution in [0.1, 0.15) is 52.7 Å². The first kappa shape index (κ1) is 29.1. The summed E-state index contributed by atoms with van der Waals surface area (Å²) in [5.74, 6) is -0.794. The summed E-state index contributed by atoms with van der Waals surface area (Å²) in [7, 11) is 0. The highest BCUT2D eigenvalue weighted by Gasteiger charge is 2.20. The number of Topliss-reactive ketones (excluding diaryl/α,β-unsaturated/α-hetero) is 1. The van der Waals surface area contributed by atoms with E-state index in [1.54, 1.807) is 4.57 Å². The third kappa shape index (κ3) is 8.08. The standard InChI is InChI=1S/C33H33NO7/c1-23-9-13-25(33-32(23)28(21-34(33)22-31(38)39)29(35)17-18-30(36)37)14-10-24-11-15-27(16-12-24)41-20-6-5-19-40-26-7-3-2-4-8-26/h2-4,7-16,21H,5-6,17-20,22H2,1H3,(H,36,37)(H,38,39)/b14-10+. The van der Waals surface area contributed by atoms with Crippen molar-refractivity contribution in [2.75, 3.05) is 13.2 Å². The molecule has 3 aromatic carbocycles. The number of ketones is 1. The number of benzene rings is 3. The third-order valence-electron chi connectivity index (χ3n) is 6.59. The minimum Gasteiger partial charge on any atom is -0.494 e. The average molecular weight is 556 g/mol. The lowest BCUT2D eigenvalue weighted by Gasteiger charge is -2.08. The van der Waals surface area contributed by atoms with Crippen LogP contribution in [-0.4, -0.2) is 45.7 Å². The summed E-state index contributed by atoms with van der Waals surface area (Å²) in [5.41, 5.74) is 3.45. The molecule has 1 aromatic heterocycles. The number of fused-ring (bicyclic) bond motifs is 1. The fourth-order valence-electron chi connectivity index (χ4n) is 4.58. The van der Waals surface area contributed by atoms with E-state index in [9.17, 15) is 19.5 Å². The van der Waals surface area contributed by atoms with Gasteiger partial charge < -0.3 is 24.3 Å². The van der Waals surface area contributed by atoms with E-state index >= 15 is 0 Å². The van der Waals surface area contributed by atoms with Gasteiger partial charge in [-0.05, 0) is 60.7 Å². The van der Waals surface area contributed by atoms with Crippen molar-refractivity contribution >= 4 is 40.8 Å². The van der Waals surface area contributed by atoms with Gasteiger partial charge in [0.2, 0.25) is 0 Å². The van der Waals surface area contributed by atoms with Gasteiger partial charge in [-0.3, -0.25) is 14.4 Å². The molecule has 4 rings (SSSR count). The lowest BCUT2D eigenvalue weighted by Crippen LogP contribution is -2.08. The van der Waals surface area contributed by atoms with Crippen LogP contribution in [0.4, 0.5) is 0 Å². The Hall–Kier alpha value is -4.85. The Balaban J connectivity index is 1.42. The molecule has 0 saturated carbocycles. The lowest BCUT2D eigenvalue weighted by molar-refractivity contribution is -0.138. The van der Waals surface area contributed by atoms with Crippen LogP contribution in [0.15, 0.2) is 72.9 Å². The van der Waals surface area contributed by atoms with Gasteiger partial charge in [-0.25, -0.2) is 0 Å². The van der Waals surface area contributed by atoms with Gasteiger partial charge in [0.1, 0.15) is 18.0 Å². The minimum atomic E-state index is -1.06. The average Bonchev–Trinajstić information content (AvgIpc) is 3.34. The second kappa shape index (κ2) is 14.0. The van der Waals surface area contributed by atoms with Crippen molar-refractivity contribution in [1.29, 1.82) is 0 Å². The zero-order chi connectivity index (χ0) is 29.2. The molecule has 0 amide bonds. The van der Waals surface area contributed by atoms with Crippen LogP contribution in [0.2, 0.25) is 0 Å². The predicted molar refractivity (Wildman–Crippen MR) is 158 cm³/mol. The van der Waals surface area contributed by atoms with Crippen LogP contribution in [-0.2, 0) is 16.1 Å². The zero-order valence-electron chi connectivity index (χ0n) is 22.9. The van der Waals surface area contributed by atoms with Gasteiger partial charge in [0.15, 0.2) is 5.78 Å². The summed E-state index contributed by atoms with van der Waals surface area (Å²) in [6, 6.07) is 21.2. The molecule has 212 valence electrons. The Morgan fingerprint density at radius 1 is 0.780 bits per heavy atom. The Bertz CT molecular complexity index is 1540. The van der Waals surface area contributed by atoms with Crippen LogP contribution < -0.4 is 9.47 Å². The zero-order valence-corrected chi connectivity index (χ0v) is 22.9. The number of hydrogen-bond donors (Lipinski definition) is 2. The predicted octanol–water partition coefficient (Wildman–Crippen LogP) is 6.49. The van der Waals surface area contributed by atoms with Gasteiger partial charge >= 0.3 is 11.9 Å². The molecule has 0 atom stereocenters. The molecule has 0 radical (unpaired) electrons. The van der Waals surface area contributed by atoms with Crippen molar-refractivity contribution in [2.24, 2.45) is 0 Å². The molecule has 0 spiro atoms. The molecule has 8 nitrogen and oxygen atoms in total. The summed E-state index contributed by atoms with van der Waals surface area (Å²) >= 11 is 0. The SMILES string of the molecule is Cc1ccc(/C=C/c2ccc(OCCCCOc3ccccc3)cc2)c2c1c(C(=O)CCC(=O)O)cn2CC(=O)O. The fraction of sp³-hybridized carbons (Fsp3) is 0.242. The molecule has 0 aliphatic carbocycles. The molecule has 0 unspecified atom stereocenters. The number of carbonyl (C=O) groups excluding carboxylic acids is 1. The van der Waals surface area contributed by atoms with Crippen LogP contribution in [0.3, 0.4) is 0 Å². The van der Waals surface area contributed by atoms with Crippen molar-refractivity contribution in [3.63, 3.8) is 0 Å². The van der Waals surface area contributed by atoms with Crippen LogP contribution in [0.25, 0.3) is 23.1 Å². The molecular formula is C33H33NO7. The minimum absolute atomic E-state index is 0.156. The van der Waals surface area contributed by atoms with Gasteiger partial charge in [-0.2, -0.15) is 0 Å². The summed E-state index contributed by atoms with van der Waals surface area (Å²) in [6.45, 7) is 2.75. The molecule has 1 heterocycles. The van der Waals surface area contributed by atoms with E-state index in [2.05, 4.69) is 0 Å². The number of hydrogen-bond acceptors (Lipinski definition) is 5. The fourth-order valence-corrected chi connectivity index (χ4v) is 4.58. The molecule has 0 bridgehead atoms. The van der Waals surface area contributed by atoms with Crippen molar-refractivity contribution in [2.45, 2.75) is 39.2 Å². The van der Waals surface area contributed by atoms with Gasteiger partial charge in [-0.1, -0.05) is 54.6 Å². The number of nitrogens with zero attached hydrogens (tertiary/aromatic N) is 1. The second-order valence-corrected chi connectivity index (χ2v) is 9.70. The molecule has 0 aliphatic heterocycles. The van der Waals surface area contributed by atoms with Crippen LogP contribution in [0.5, 0.6) is 11.5 Å². The highest BCUT2D eigenvalue weighted by molar-refractivity contribution is 6.11. The summed E-state index contributed by atoms with van der Waals surface area (Å²) < 4.78 is 13.1. The van der Waals surface area contributed by atoms with Crippen LogP contribution >= 0.6 is 0 Å². The maximum absolute atomic E-state index is 12.9. The van der Waals surface area contributed by atoms with Crippen molar-refractivity contribution < 1.29 is 34.1 Å². The first-order chi connectivity index (χ1) is 19.8. The monoisotopic (exact) mass is 555 g/mol. The number of carbonyl (C=O) groups is 3. The molecule has 4 aromatic rings. The first-order valence-electron chi connectivity index (χ1n) is 13.5. The molecule has 8 heteroatoms. The van der Waals surface area contributed by atoms with E-state index in [1.807, 2.05) is 85.8 Å².